The van der Waals surface area contributed by atoms with Gasteiger partial charge in [-0.2, -0.15) is 0 Å². The van der Waals surface area contributed by atoms with Crippen molar-refractivity contribution in [1.29, 1.82) is 0 Å². The number of likely N-dealkylation sites (tertiary alicyclic amines) is 1. The Labute approximate surface area is 144 Å². The zero-order valence-corrected chi connectivity index (χ0v) is 14.4. The molecule has 1 amide bonds. The van der Waals surface area contributed by atoms with Crippen molar-refractivity contribution >= 4 is 33.3 Å². The number of thiophene rings is 1. The van der Waals surface area contributed by atoms with Crippen molar-refractivity contribution in [2.75, 3.05) is 18.9 Å². The van der Waals surface area contributed by atoms with Crippen molar-refractivity contribution in [3.05, 3.63) is 41.5 Å². The average molecular weight is 338 g/mol. The standard InChI is InChI=1S/C18H18N4OS/c1-11-3-5-12(6-4-11)14-9-24-18-16(14)17(19-10-20-18)21-13-7-15(23)22(2)8-13/h3-6,9-10,13H,7-8H2,1-2H3,(H,19,20,21). The lowest BCUT2D eigenvalue weighted by atomic mass is 10.0. The molecule has 0 bridgehead atoms. The summed E-state index contributed by atoms with van der Waals surface area (Å²) in [6.45, 7) is 2.79. The van der Waals surface area contributed by atoms with E-state index in [1.165, 1.54) is 5.56 Å². The minimum absolute atomic E-state index is 0.0892. The minimum atomic E-state index is 0.0892. The molecule has 1 unspecified atom stereocenters. The fourth-order valence-electron chi connectivity index (χ4n) is 3.08. The van der Waals surface area contributed by atoms with E-state index in [9.17, 15) is 4.79 Å². The van der Waals surface area contributed by atoms with Crippen LogP contribution in [0.2, 0.25) is 0 Å². The number of aromatic nitrogens is 2. The zero-order chi connectivity index (χ0) is 16.7. The first-order chi connectivity index (χ1) is 11.6. The van der Waals surface area contributed by atoms with Crippen molar-refractivity contribution < 1.29 is 4.79 Å². The molecule has 1 aliphatic rings. The number of anilines is 1. The number of hydrogen-bond acceptors (Lipinski definition) is 5. The van der Waals surface area contributed by atoms with Gasteiger partial charge in [0.15, 0.2) is 0 Å². The number of likely N-dealkylation sites (N-methyl/N-ethyl adjacent to an activating group) is 1. The summed E-state index contributed by atoms with van der Waals surface area (Å²) in [5.74, 6) is 0.979. The Bertz CT molecular complexity index is 903. The Hall–Kier alpha value is -2.47. The lowest BCUT2D eigenvalue weighted by molar-refractivity contribution is -0.126. The molecule has 0 aliphatic carbocycles. The van der Waals surface area contributed by atoms with E-state index in [0.29, 0.717) is 13.0 Å². The number of nitrogens with zero attached hydrogens (tertiary/aromatic N) is 3. The molecule has 3 heterocycles. The van der Waals surface area contributed by atoms with Gasteiger partial charge in [0, 0.05) is 31.0 Å². The Morgan fingerprint density at radius 2 is 2.04 bits per heavy atom. The van der Waals surface area contributed by atoms with Crippen LogP contribution in [0.15, 0.2) is 36.0 Å². The van der Waals surface area contributed by atoms with Gasteiger partial charge in [-0.05, 0) is 12.5 Å². The summed E-state index contributed by atoms with van der Waals surface area (Å²) in [4.78, 5) is 23.3. The lowest BCUT2D eigenvalue weighted by Crippen LogP contribution is -2.24. The third-order valence-corrected chi connectivity index (χ3v) is 5.30. The van der Waals surface area contributed by atoms with Crippen molar-refractivity contribution in [3.63, 3.8) is 0 Å². The third kappa shape index (κ3) is 2.63. The number of amides is 1. The zero-order valence-electron chi connectivity index (χ0n) is 13.6. The molecule has 1 aliphatic heterocycles. The number of carbonyl (C=O) groups excluding carboxylic acids is 1. The molecule has 3 aromatic rings. The van der Waals surface area contributed by atoms with E-state index >= 15 is 0 Å². The van der Waals surface area contributed by atoms with Crippen LogP contribution in [-0.4, -0.2) is 40.4 Å². The van der Waals surface area contributed by atoms with Crippen LogP contribution >= 0.6 is 11.3 Å². The van der Waals surface area contributed by atoms with E-state index in [0.717, 1.165) is 27.2 Å². The second kappa shape index (κ2) is 5.87. The van der Waals surface area contributed by atoms with E-state index in [-0.39, 0.29) is 11.9 Å². The summed E-state index contributed by atoms with van der Waals surface area (Å²) >= 11 is 1.62. The molecule has 24 heavy (non-hydrogen) atoms. The predicted octanol–water partition coefficient (Wildman–Crippen LogP) is 3.31. The van der Waals surface area contributed by atoms with Gasteiger partial charge in [-0.1, -0.05) is 29.8 Å². The number of fused-ring (bicyclic) bond motifs is 1. The topological polar surface area (TPSA) is 58.1 Å². The van der Waals surface area contributed by atoms with Gasteiger partial charge in [0.1, 0.15) is 17.0 Å². The molecule has 5 nitrogen and oxygen atoms in total. The first-order valence-electron chi connectivity index (χ1n) is 7.91. The molecule has 1 fully saturated rings. The highest BCUT2D eigenvalue weighted by Crippen LogP contribution is 2.37. The van der Waals surface area contributed by atoms with Crippen molar-refractivity contribution in [2.45, 2.75) is 19.4 Å². The van der Waals surface area contributed by atoms with Crippen LogP contribution in [0, 0.1) is 6.92 Å². The summed E-state index contributed by atoms with van der Waals surface area (Å²) in [7, 11) is 1.84. The lowest BCUT2D eigenvalue weighted by Gasteiger charge is -2.14. The van der Waals surface area contributed by atoms with Crippen LogP contribution in [0.1, 0.15) is 12.0 Å². The number of nitrogens with one attached hydrogen (secondary N) is 1. The summed E-state index contributed by atoms with van der Waals surface area (Å²) in [5, 5.41) is 6.61. The molecule has 1 saturated heterocycles. The van der Waals surface area contributed by atoms with Gasteiger partial charge in [0.2, 0.25) is 5.91 Å². The number of rotatable bonds is 3. The van der Waals surface area contributed by atoms with Gasteiger partial charge in [0.25, 0.3) is 0 Å². The van der Waals surface area contributed by atoms with Crippen LogP contribution < -0.4 is 5.32 Å². The molecule has 0 spiro atoms. The Balaban J connectivity index is 1.75. The van der Waals surface area contributed by atoms with Crippen LogP contribution in [0.3, 0.4) is 0 Å². The molecule has 0 saturated carbocycles. The highest BCUT2D eigenvalue weighted by molar-refractivity contribution is 7.17. The van der Waals surface area contributed by atoms with Gasteiger partial charge in [-0.3, -0.25) is 4.79 Å². The first kappa shape index (κ1) is 15.1. The highest BCUT2D eigenvalue weighted by atomic mass is 32.1. The average Bonchev–Trinajstić information content (AvgIpc) is 3.13. The van der Waals surface area contributed by atoms with Crippen molar-refractivity contribution in [2.24, 2.45) is 0 Å². The normalized spacial score (nSPS) is 17.7. The molecule has 0 radical (unpaired) electrons. The smallest absolute Gasteiger partial charge is 0.224 e. The van der Waals surface area contributed by atoms with E-state index in [2.05, 4.69) is 51.9 Å². The Morgan fingerprint density at radius 3 is 2.75 bits per heavy atom. The molecule has 1 N–H and O–H groups in total. The summed E-state index contributed by atoms with van der Waals surface area (Å²) in [6, 6.07) is 8.56. The quantitative estimate of drug-likeness (QED) is 0.796. The van der Waals surface area contributed by atoms with Gasteiger partial charge in [-0.15, -0.1) is 11.3 Å². The molecule has 4 rings (SSSR count). The van der Waals surface area contributed by atoms with Crippen LogP contribution in [0.25, 0.3) is 21.3 Å². The Morgan fingerprint density at radius 1 is 1.25 bits per heavy atom. The fourth-order valence-corrected chi connectivity index (χ4v) is 4.00. The number of carbonyl (C=O) groups is 1. The third-order valence-electron chi connectivity index (χ3n) is 4.41. The van der Waals surface area contributed by atoms with Crippen LogP contribution in [0.4, 0.5) is 5.82 Å². The van der Waals surface area contributed by atoms with Crippen LogP contribution in [0.5, 0.6) is 0 Å². The summed E-state index contributed by atoms with van der Waals surface area (Å²) in [6.07, 6.45) is 2.09. The van der Waals surface area contributed by atoms with Crippen molar-refractivity contribution in [3.8, 4) is 11.1 Å². The molecular weight excluding hydrogens is 320 g/mol. The van der Waals surface area contributed by atoms with E-state index in [1.54, 1.807) is 22.6 Å². The van der Waals surface area contributed by atoms with E-state index in [4.69, 9.17) is 0 Å². The number of aryl methyl sites for hydroxylation is 1. The van der Waals surface area contributed by atoms with E-state index < -0.39 is 0 Å². The highest BCUT2D eigenvalue weighted by Gasteiger charge is 2.27. The predicted molar refractivity (Wildman–Crippen MR) is 97.3 cm³/mol. The second-order valence-electron chi connectivity index (χ2n) is 6.24. The molecular formula is C18H18N4OS. The summed E-state index contributed by atoms with van der Waals surface area (Å²) < 4.78 is 0. The molecule has 1 atom stereocenters. The number of hydrogen-bond donors (Lipinski definition) is 1. The monoisotopic (exact) mass is 338 g/mol. The molecule has 6 heteroatoms. The molecule has 122 valence electrons. The second-order valence-corrected chi connectivity index (χ2v) is 7.10. The van der Waals surface area contributed by atoms with Gasteiger partial charge in [-0.25, -0.2) is 9.97 Å². The Kier molecular flexibility index (Phi) is 3.69. The molecule has 1 aromatic carbocycles. The van der Waals surface area contributed by atoms with E-state index in [1.807, 2.05) is 7.05 Å². The maximum atomic E-state index is 11.8. The fraction of sp³-hybridized carbons (Fsp3) is 0.278. The number of benzene rings is 1. The summed E-state index contributed by atoms with van der Waals surface area (Å²) in [5.41, 5.74) is 3.53. The van der Waals surface area contributed by atoms with Gasteiger partial charge < -0.3 is 10.2 Å². The van der Waals surface area contributed by atoms with Crippen LogP contribution in [-0.2, 0) is 4.79 Å². The maximum absolute atomic E-state index is 11.8. The minimum Gasteiger partial charge on any atom is -0.364 e. The molecule has 2 aromatic heterocycles. The SMILES string of the molecule is Cc1ccc(-c2csc3ncnc(NC4CC(=O)N(C)C4)c23)cc1. The first-order valence-corrected chi connectivity index (χ1v) is 8.79. The maximum Gasteiger partial charge on any atom is 0.224 e. The van der Waals surface area contributed by atoms with Gasteiger partial charge in [0.05, 0.1) is 11.4 Å². The largest absolute Gasteiger partial charge is 0.364 e. The van der Waals surface area contributed by atoms with Crippen molar-refractivity contribution in [1.82, 2.24) is 14.9 Å². The van der Waals surface area contributed by atoms with Gasteiger partial charge >= 0.3 is 0 Å².